The van der Waals surface area contributed by atoms with Gasteiger partial charge in [-0.05, 0) is 44.4 Å². The van der Waals surface area contributed by atoms with E-state index in [-0.39, 0.29) is 13.0 Å². The van der Waals surface area contributed by atoms with Gasteiger partial charge < -0.3 is 14.6 Å². The zero-order chi connectivity index (χ0) is 23.4. The maximum Gasteiger partial charge on any atom is 0.309 e. The first-order valence-corrected chi connectivity index (χ1v) is 11.7. The number of hydrogen-bond acceptors (Lipinski definition) is 4. The minimum atomic E-state index is -1.02. The Morgan fingerprint density at radius 1 is 0.800 bits per heavy atom. The number of ether oxygens (including phenoxy) is 2. The van der Waals surface area contributed by atoms with Crippen LogP contribution in [0.3, 0.4) is 0 Å². The van der Waals surface area contributed by atoms with Gasteiger partial charge in [-0.2, -0.15) is 0 Å². The first kappa shape index (κ1) is 28.9. The van der Waals surface area contributed by atoms with Crippen molar-refractivity contribution in [3.8, 4) is 0 Å². The number of unbranched alkanes of at least 4 members (excludes halogenated alkanes) is 6. The third-order valence-corrected chi connectivity index (χ3v) is 6.12. The summed E-state index contributed by atoms with van der Waals surface area (Å²) in [5.74, 6) is -2.36. The highest BCUT2D eigenvalue weighted by Gasteiger charge is 2.31. The van der Waals surface area contributed by atoms with Crippen LogP contribution in [-0.4, -0.2) is 35.9 Å². The molecule has 0 fully saturated rings. The lowest BCUT2D eigenvalue weighted by molar-refractivity contribution is -0.161. The molecule has 30 heavy (non-hydrogen) atoms. The van der Waals surface area contributed by atoms with Gasteiger partial charge in [0, 0.05) is 6.61 Å². The van der Waals surface area contributed by atoms with Crippen molar-refractivity contribution in [3.63, 3.8) is 0 Å². The molecular formula is C25H48O5. The van der Waals surface area contributed by atoms with Crippen molar-refractivity contribution in [2.24, 2.45) is 16.7 Å². The Balaban J connectivity index is 3.78. The predicted octanol–water partition coefficient (Wildman–Crippen LogP) is 6.63. The molecule has 1 atom stereocenters. The molecule has 0 aliphatic rings. The van der Waals surface area contributed by atoms with Gasteiger partial charge in [0.1, 0.15) is 5.60 Å². The highest BCUT2D eigenvalue weighted by molar-refractivity contribution is 5.79. The van der Waals surface area contributed by atoms with Gasteiger partial charge in [-0.3, -0.25) is 9.59 Å². The van der Waals surface area contributed by atoms with Crippen LogP contribution in [0, 0.1) is 16.7 Å². The van der Waals surface area contributed by atoms with Gasteiger partial charge in [0.25, 0.3) is 0 Å². The van der Waals surface area contributed by atoms with E-state index in [0.717, 1.165) is 12.8 Å². The quantitative estimate of drug-likeness (QED) is 0.234. The van der Waals surface area contributed by atoms with Crippen LogP contribution in [0.4, 0.5) is 0 Å². The molecule has 0 bridgehead atoms. The maximum atomic E-state index is 11.8. The van der Waals surface area contributed by atoms with E-state index in [1.165, 1.54) is 38.5 Å². The van der Waals surface area contributed by atoms with Crippen LogP contribution in [0.5, 0.6) is 0 Å². The SMILES string of the molecule is CC(C)(C)OC(=O)CC(COCCCCCCCCCC(C)(C)C(C)(C)C)C(=O)O. The number of carbonyl (C=O) groups excluding carboxylic acids is 1. The number of carboxylic acid groups (broad SMARTS) is 1. The molecule has 0 saturated carbocycles. The fourth-order valence-corrected chi connectivity index (χ4v) is 3.06. The van der Waals surface area contributed by atoms with Crippen LogP contribution in [0.15, 0.2) is 0 Å². The summed E-state index contributed by atoms with van der Waals surface area (Å²) in [5.41, 5.74) is 0.116. The van der Waals surface area contributed by atoms with E-state index < -0.39 is 23.5 Å². The molecule has 0 saturated heterocycles. The lowest BCUT2D eigenvalue weighted by atomic mass is 9.67. The first-order chi connectivity index (χ1) is 13.7. The van der Waals surface area contributed by atoms with Crippen molar-refractivity contribution in [1.82, 2.24) is 0 Å². The number of aliphatic carboxylic acids is 1. The molecule has 5 heteroatoms. The Kier molecular flexibility index (Phi) is 12.9. The van der Waals surface area contributed by atoms with Crippen LogP contribution in [-0.2, 0) is 19.1 Å². The highest BCUT2D eigenvalue weighted by atomic mass is 16.6. The van der Waals surface area contributed by atoms with Crippen LogP contribution in [0.2, 0.25) is 0 Å². The van der Waals surface area contributed by atoms with E-state index in [1.807, 2.05) is 0 Å². The van der Waals surface area contributed by atoms with E-state index in [2.05, 4.69) is 34.6 Å². The Labute approximate surface area is 185 Å². The third kappa shape index (κ3) is 14.0. The summed E-state index contributed by atoms with van der Waals surface area (Å²) in [6, 6.07) is 0. The zero-order valence-electron chi connectivity index (χ0n) is 20.9. The van der Waals surface area contributed by atoms with E-state index in [0.29, 0.717) is 17.4 Å². The second-order valence-electron chi connectivity index (χ2n) is 11.3. The molecule has 0 rings (SSSR count). The van der Waals surface area contributed by atoms with Gasteiger partial charge in [-0.1, -0.05) is 73.1 Å². The normalized spacial score (nSPS) is 13.9. The van der Waals surface area contributed by atoms with Crippen molar-refractivity contribution in [3.05, 3.63) is 0 Å². The average Bonchev–Trinajstić information content (AvgIpc) is 2.55. The number of hydrogen-bond donors (Lipinski definition) is 1. The smallest absolute Gasteiger partial charge is 0.309 e. The lowest BCUT2D eigenvalue weighted by Gasteiger charge is -2.39. The van der Waals surface area contributed by atoms with Gasteiger partial charge in [-0.25, -0.2) is 0 Å². The number of carbonyl (C=O) groups is 2. The monoisotopic (exact) mass is 428 g/mol. The summed E-state index contributed by atoms with van der Waals surface area (Å²) in [6.07, 6.45) is 9.43. The van der Waals surface area contributed by atoms with Crippen molar-refractivity contribution < 1.29 is 24.2 Å². The van der Waals surface area contributed by atoms with Crippen LogP contribution in [0.25, 0.3) is 0 Å². The molecule has 178 valence electrons. The molecule has 1 unspecified atom stereocenters. The maximum absolute atomic E-state index is 11.8. The molecule has 0 spiro atoms. The fourth-order valence-electron chi connectivity index (χ4n) is 3.06. The molecule has 0 aromatic rings. The second-order valence-corrected chi connectivity index (χ2v) is 11.3. The molecule has 1 N–H and O–H groups in total. The highest BCUT2D eigenvalue weighted by Crippen LogP contribution is 2.41. The fraction of sp³-hybridized carbons (Fsp3) is 0.920. The van der Waals surface area contributed by atoms with Crippen molar-refractivity contribution in [2.75, 3.05) is 13.2 Å². The van der Waals surface area contributed by atoms with Gasteiger partial charge >= 0.3 is 11.9 Å². The molecule has 0 aliphatic heterocycles. The second kappa shape index (κ2) is 13.3. The molecule has 0 radical (unpaired) electrons. The predicted molar refractivity (Wildman–Crippen MR) is 123 cm³/mol. The van der Waals surface area contributed by atoms with E-state index in [9.17, 15) is 14.7 Å². The minimum absolute atomic E-state index is 0.0537. The van der Waals surface area contributed by atoms with Crippen LogP contribution >= 0.6 is 0 Å². The first-order valence-electron chi connectivity index (χ1n) is 11.7. The molecule has 0 aromatic heterocycles. The van der Waals surface area contributed by atoms with Gasteiger partial charge in [0.15, 0.2) is 0 Å². The lowest BCUT2D eigenvalue weighted by Crippen LogP contribution is -2.29. The summed E-state index contributed by atoms with van der Waals surface area (Å²) >= 11 is 0. The molecule has 0 aromatic carbocycles. The summed E-state index contributed by atoms with van der Waals surface area (Å²) in [6.45, 7) is 17.6. The topological polar surface area (TPSA) is 72.8 Å². The molecule has 5 nitrogen and oxygen atoms in total. The third-order valence-electron chi connectivity index (χ3n) is 6.12. The van der Waals surface area contributed by atoms with Gasteiger partial charge in [0.05, 0.1) is 18.9 Å². The number of carboxylic acids is 1. The molecular weight excluding hydrogens is 380 g/mol. The Morgan fingerprint density at radius 2 is 1.30 bits per heavy atom. The Morgan fingerprint density at radius 3 is 1.77 bits per heavy atom. The van der Waals surface area contributed by atoms with Gasteiger partial charge in [-0.15, -0.1) is 0 Å². The van der Waals surface area contributed by atoms with Gasteiger partial charge in [0.2, 0.25) is 0 Å². The largest absolute Gasteiger partial charge is 0.481 e. The minimum Gasteiger partial charge on any atom is -0.481 e. The van der Waals surface area contributed by atoms with Crippen molar-refractivity contribution >= 4 is 11.9 Å². The average molecular weight is 429 g/mol. The van der Waals surface area contributed by atoms with Crippen molar-refractivity contribution in [1.29, 1.82) is 0 Å². The summed E-state index contributed by atoms with van der Waals surface area (Å²) in [5, 5.41) is 9.27. The Hall–Kier alpha value is -1.10. The van der Waals surface area contributed by atoms with E-state index in [1.54, 1.807) is 20.8 Å². The van der Waals surface area contributed by atoms with E-state index >= 15 is 0 Å². The van der Waals surface area contributed by atoms with Crippen molar-refractivity contribution in [2.45, 2.75) is 119 Å². The summed E-state index contributed by atoms with van der Waals surface area (Å²) in [4.78, 5) is 23.1. The number of esters is 1. The molecule has 0 aliphatic carbocycles. The van der Waals surface area contributed by atoms with Crippen LogP contribution in [0.1, 0.15) is 113 Å². The van der Waals surface area contributed by atoms with E-state index in [4.69, 9.17) is 9.47 Å². The standard InChI is InChI=1S/C25H48O5/c1-23(2,3)25(7,8)16-14-12-10-9-11-13-15-17-29-19-20(22(27)28)18-21(26)30-24(4,5)6/h20H,9-19H2,1-8H3,(H,27,28). The van der Waals surface area contributed by atoms with Crippen LogP contribution < -0.4 is 0 Å². The number of rotatable bonds is 15. The molecule has 0 amide bonds. The Bertz CT molecular complexity index is 497. The zero-order valence-corrected chi connectivity index (χ0v) is 20.9. The molecule has 0 heterocycles. The summed E-state index contributed by atoms with van der Waals surface area (Å²) in [7, 11) is 0. The summed E-state index contributed by atoms with van der Waals surface area (Å²) < 4.78 is 10.7.